The zero-order valence-corrected chi connectivity index (χ0v) is 15.7. The Kier molecular flexibility index (Phi) is 15.6. The number of nitrogens with one attached hydrogen (secondary N) is 1. The van der Waals surface area contributed by atoms with Crippen LogP contribution >= 0.6 is 0 Å². The molecule has 1 aliphatic heterocycles. The SMILES string of the molecule is CC.CCNCCOCCOCCN1CCC(C(C)C)CC1. The van der Waals surface area contributed by atoms with E-state index in [1.165, 1.54) is 25.9 Å². The van der Waals surface area contributed by atoms with Crippen LogP contribution in [0.2, 0.25) is 0 Å². The van der Waals surface area contributed by atoms with Crippen LogP contribution in [0.25, 0.3) is 0 Å². The molecule has 4 nitrogen and oxygen atoms in total. The lowest BCUT2D eigenvalue weighted by molar-refractivity contribution is 0.0343. The highest BCUT2D eigenvalue weighted by Gasteiger charge is 2.20. The highest BCUT2D eigenvalue weighted by Crippen LogP contribution is 2.23. The van der Waals surface area contributed by atoms with Gasteiger partial charge in [0, 0.05) is 13.1 Å². The Morgan fingerprint density at radius 3 is 2.14 bits per heavy atom. The van der Waals surface area contributed by atoms with Crippen LogP contribution in [0.5, 0.6) is 0 Å². The Morgan fingerprint density at radius 2 is 1.59 bits per heavy atom. The largest absolute Gasteiger partial charge is 0.378 e. The van der Waals surface area contributed by atoms with E-state index in [1.54, 1.807) is 0 Å². The summed E-state index contributed by atoms with van der Waals surface area (Å²) in [6.45, 7) is 19.3. The minimum Gasteiger partial charge on any atom is -0.378 e. The van der Waals surface area contributed by atoms with Gasteiger partial charge in [-0.2, -0.15) is 0 Å². The third kappa shape index (κ3) is 11.4. The van der Waals surface area contributed by atoms with Gasteiger partial charge >= 0.3 is 0 Å². The molecule has 0 aromatic heterocycles. The fourth-order valence-electron chi connectivity index (χ4n) is 2.68. The van der Waals surface area contributed by atoms with Crippen LogP contribution in [0.15, 0.2) is 0 Å². The fourth-order valence-corrected chi connectivity index (χ4v) is 2.68. The van der Waals surface area contributed by atoms with Crippen molar-refractivity contribution in [3.05, 3.63) is 0 Å². The van der Waals surface area contributed by atoms with Gasteiger partial charge in [0.25, 0.3) is 0 Å². The van der Waals surface area contributed by atoms with Gasteiger partial charge in [-0.1, -0.05) is 34.6 Å². The second-order valence-electron chi connectivity index (χ2n) is 6.00. The first-order chi connectivity index (χ1) is 10.7. The minimum absolute atomic E-state index is 0.709. The summed E-state index contributed by atoms with van der Waals surface area (Å²) < 4.78 is 11.1. The minimum atomic E-state index is 0.709. The quantitative estimate of drug-likeness (QED) is 0.594. The number of likely N-dealkylation sites (N-methyl/N-ethyl adjacent to an activating group) is 1. The lowest BCUT2D eigenvalue weighted by Gasteiger charge is -2.33. The highest BCUT2D eigenvalue weighted by atomic mass is 16.5. The van der Waals surface area contributed by atoms with Crippen LogP contribution in [0.3, 0.4) is 0 Å². The molecule has 1 N–H and O–H groups in total. The van der Waals surface area contributed by atoms with Gasteiger partial charge in [-0.15, -0.1) is 0 Å². The summed E-state index contributed by atoms with van der Waals surface area (Å²) >= 11 is 0. The van der Waals surface area contributed by atoms with Crippen molar-refractivity contribution in [2.75, 3.05) is 59.2 Å². The summed E-state index contributed by atoms with van der Waals surface area (Å²) in [5.74, 6) is 1.77. The number of rotatable bonds is 11. The van der Waals surface area contributed by atoms with E-state index in [0.717, 1.165) is 44.7 Å². The molecular formula is C18H40N2O2. The molecule has 1 fully saturated rings. The predicted molar refractivity (Wildman–Crippen MR) is 95.5 cm³/mol. The molecule has 0 atom stereocenters. The van der Waals surface area contributed by atoms with Crippen molar-refractivity contribution < 1.29 is 9.47 Å². The number of hydrogen-bond acceptors (Lipinski definition) is 4. The van der Waals surface area contributed by atoms with Crippen molar-refractivity contribution in [2.24, 2.45) is 11.8 Å². The van der Waals surface area contributed by atoms with Gasteiger partial charge in [-0.05, 0) is 44.3 Å². The summed E-state index contributed by atoms with van der Waals surface area (Å²) in [7, 11) is 0. The molecule has 0 radical (unpaired) electrons. The molecule has 22 heavy (non-hydrogen) atoms. The monoisotopic (exact) mass is 316 g/mol. The third-order valence-corrected chi connectivity index (χ3v) is 4.17. The van der Waals surface area contributed by atoms with E-state index in [2.05, 4.69) is 31.0 Å². The summed E-state index contributed by atoms with van der Waals surface area (Å²) in [5.41, 5.74) is 0. The average molecular weight is 317 g/mol. The first-order valence-corrected chi connectivity index (χ1v) is 9.32. The van der Waals surface area contributed by atoms with Gasteiger partial charge in [0.05, 0.1) is 26.4 Å². The Labute approximate surface area is 138 Å². The van der Waals surface area contributed by atoms with E-state index in [1.807, 2.05) is 13.8 Å². The van der Waals surface area contributed by atoms with E-state index in [0.29, 0.717) is 13.2 Å². The van der Waals surface area contributed by atoms with Gasteiger partial charge in [0.2, 0.25) is 0 Å². The van der Waals surface area contributed by atoms with Crippen molar-refractivity contribution in [2.45, 2.75) is 47.5 Å². The molecule has 1 heterocycles. The second-order valence-corrected chi connectivity index (χ2v) is 6.00. The summed E-state index contributed by atoms with van der Waals surface area (Å²) in [6.07, 6.45) is 2.70. The molecule has 0 spiro atoms. The topological polar surface area (TPSA) is 33.7 Å². The maximum absolute atomic E-state index is 5.63. The Hall–Kier alpha value is -0.160. The lowest BCUT2D eigenvalue weighted by atomic mass is 9.87. The van der Waals surface area contributed by atoms with Gasteiger partial charge in [-0.25, -0.2) is 0 Å². The number of piperidine rings is 1. The molecule has 0 unspecified atom stereocenters. The number of nitrogens with zero attached hydrogens (tertiary/aromatic N) is 1. The van der Waals surface area contributed by atoms with E-state index < -0.39 is 0 Å². The zero-order valence-electron chi connectivity index (χ0n) is 15.7. The molecule has 0 amide bonds. The molecule has 0 aliphatic carbocycles. The maximum Gasteiger partial charge on any atom is 0.0701 e. The summed E-state index contributed by atoms with van der Waals surface area (Å²) in [5, 5.41) is 3.23. The molecule has 134 valence electrons. The van der Waals surface area contributed by atoms with E-state index in [-0.39, 0.29) is 0 Å². The van der Waals surface area contributed by atoms with Crippen molar-refractivity contribution in [1.82, 2.24) is 10.2 Å². The van der Waals surface area contributed by atoms with Crippen LogP contribution in [-0.2, 0) is 9.47 Å². The molecule has 0 bridgehead atoms. The standard InChI is InChI=1S/C16H34N2O2.C2H6/c1-4-17-7-11-19-13-14-20-12-10-18-8-5-16(6-9-18)15(2)3;1-2/h15-17H,4-14H2,1-3H3;1-2H3. The van der Waals surface area contributed by atoms with Crippen molar-refractivity contribution in [3.63, 3.8) is 0 Å². The zero-order chi connectivity index (χ0) is 16.6. The Bertz CT molecular complexity index is 217. The lowest BCUT2D eigenvalue weighted by Crippen LogP contribution is -2.37. The van der Waals surface area contributed by atoms with Crippen LogP contribution in [0, 0.1) is 11.8 Å². The van der Waals surface area contributed by atoms with Crippen LogP contribution < -0.4 is 5.32 Å². The predicted octanol–water partition coefficient (Wildman–Crippen LogP) is 3.02. The molecule has 1 rings (SSSR count). The highest BCUT2D eigenvalue weighted by molar-refractivity contribution is 4.73. The molecule has 0 saturated carbocycles. The Balaban J connectivity index is 0.00000211. The number of likely N-dealkylation sites (tertiary alicyclic amines) is 1. The average Bonchev–Trinajstić information content (AvgIpc) is 2.55. The van der Waals surface area contributed by atoms with E-state index in [9.17, 15) is 0 Å². The van der Waals surface area contributed by atoms with Crippen molar-refractivity contribution in [3.8, 4) is 0 Å². The van der Waals surface area contributed by atoms with Gasteiger partial charge in [0.15, 0.2) is 0 Å². The molecule has 0 aromatic carbocycles. The van der Waals surface area contributed by atoms with E-state index in [4.69, 9.17) is 9.47 Å². The first-order valence-electron chi connectivity index (χ1n) is 9.32. The van der Waals surface area contributed by atoms with Gasteiger partial charge < -0.3 is 19.7 Å². The summed E-state index contributed by atoms with van der Waals surface area (Å²) in [4.78, 5) is 2.53. The van der Waals surface area contributed by atoms with Crippen molar-refractivity contribution in [1.29, 1.82) is 0 Å². The van der Waals surface area contributed by atoms with E-state index >= 15 is 0 Å². The fraction of sp³-hybridized carbons (Fsp3) is 1.00. The molecule has 0 aromatic rings. The van der Waals surface area contributed by atoms with Gasteiger partial charge in [-0.3, -0.25) is 0 Å². The maximum atomic E-state index is 5.63. The second kappa shape index (κ2) is 15.7. The molecule has 1 aliphatic rings. The van der Waals surface area contributed by atoms with Crippen LogP contribution in [-0.4, -0.2) is 64.1 Å². The van der Waals surface area contributed by atoms with Crippen molar-refractivity contribution >= 4 is 0 Å². The molecular weight excluding hydrogens is 276 g/mol. The molecule has 1 saturated heterocycles. The first kappa shape index (κ1) is 21.8. The van der Waals surface area contributed by atoms with Crippen LogP contribution in [0.1, 0.15) is 47.5 Å². The molecule has 4 heteroatoms. The smallest absolute Gasteiger partial charge is 0.0701 e. The number of ether oxygens (including phenoxy) is 2. The third-order valence-electron chi connectivity index (χ3n) is 4.17. The number of hydrogen-bond donors (Lipinski definition) is 1. The summed E-state index contributed by atoms with van der Waals surface area (Å²) in [6, 6.07) is 0. The van der Waals surface area contributed by atoms with Gasteiger partial charge in [0.1, 0.15) is 0 Å². The normalized spacial score (nSPS) is 16.6. The Morgan fingerprint density at radius 1 is 1.00 bits per heavy atom. The van der Waals surface area contributed by atoms with Crippen LogP contribution in [0.4, 0.5) is 0 Å².